The minimum atomic E-state index is -1.17. The highest BCUT2D eigenvalue weighted by atomic mass is 32.2. The summed E-state index contributed by atoms with van der Waals surface area (Å²) < 4.78 is 0. The highest BCUT2D eigenvalue weighted by Crippen LogP contribution is 2.29. The number of carbonyl (C=O) groups excluding carboxylic acids is 2. The highest BCUT2D eigenvalue weighted by Gasteiger charge is 2.29. The van der Waals surface area contributed by atoms with Gasteiger partial charge in [-0.2, -0.15) is 11.8 Å². The van der Waals surface area contributed by atoms with E-state index in [4.69, 9.17) is 10.8 Å². The minimum Gasteiger partial charge on any atom is -0.480 e. The number of amides is 3. The van der Waals surface area contributed by atoms with Gasteiger partial charge in [0.2, 0.25) is 5.91 Å². The molecule has 0 aliphatic heterocycles. The van der Waals surface area contributed by atoms with Crippen LogP contribution in [0.3, 0.4) is 0 Å². The molecule has 120 valence electrons. The molecule has 0 aromatic heterocycles. The Hall–Kier alpha value is -1.44. The van der Waals surface area contributed by atoms with Crippen LogP contribution < -0.4 is 16.4 Å². The van der Waals surface area contributed by atoms with E-state index < -0.39 is 23.9 Å². The summed E-state index contributed by atoms with van der Waals surface area (Å²) in [6.45, 7) is 2.07. The topological polar surface area (TPSA) is 122 Å². The number of carboxylic acids is 1. The van der Waals surface area contributed by atoms with Crippen molar-refractivity contribution in [3.8, 4) is 0 Å². The van der Waals surface area contributed by atoms with Gasteiger partial charge in [0.05, 0.1) is 0 Å². The molecular weight excluding hydrogens is 294 g/mol. The normalized spacial score (nSPS) is 22.5. The Labute approximate surface area is 128 Å². The van der Waals surface area contributed by atoms with E-state index in [1.54, 1.807) is 0 Å². The molecule has 3 amide bonds. The molecule has 0 bridgehead atoms. The van der Waals surface area contributed by atoms with E-state index >= 15 is 0 Å². The van der Waals surface area contributed by atoms with Crippen LogP contribution in [0, 0.1) is 0 Å². The molecule has 1 rings (SSSR count). The fraction of sp³-hybridized carbons (Fsp3) is 0.769. The fourth-order valence-electron chi connectivity index (χ4n) is 2.42. The smallest absolute Gasteiger partial charge is 0.326 e. The number of nitrogens with one attached hydrogen (secondary N) is 2. The number of carboxylic acid groups (broad SMARTS) is 1. The van der Waals surface area contributed by atoms with Crippen molar-refractivity contribution >= 4 is 29.7 Å². The molecule has 0 aromatic carbocycles. The summed E-state index contributed by atoms with van der Waals surface area (Å²) in [5, 5.41) is 14.6. The molecule has 8 heteroatoms. The zero-order chi connectivity index (χ0) is 15.8. The van der Waals surface area contributed by atoms with Crippen LogP contribution in [0.2, 0.25) is 0 Å². The first kappa shape index (κ1) is 17.6. The number of carbonyl (C=O) groups is 3. The van der Waals surface area contributed by atoms with Crippen molar-refractivity contribution in [3.63, 3.8) is 0 Å². The second-order valence-electron chi connectivity index (χ2n) is 5.04. The Morgan fingerprint density at radius 3 is 2.67 bits per heavy atom. The zero-order valence-electron chi connectivity index (χ0n) is 12.1. The summed E-state index contributed by atoms with van der Waals surface area (Å²) in [6.07, 6.45) is 2.95. The van der Waals surface area contributed by atoms with Crippen LogP contribution in [0.15, 0.2) is 0 Å². The van der Waals surface area contributed by atoms with Gasteiger partial charge in [0.1, 0.15) is 6.04 Å². The number of thioether (sulfide) groups is 1. The van der Waals surface area contributed by atoms with Gasteiger partial charge >= 0.3 is 12.0 Å². The monoisotopic (exact) mass is 317 g/mol. The lowest BCUT2D eigenvalue weighted by atomic mass is 10.1. The average Bonchev–Trinajstić information content (AvgIpc) is 2.81. The number of hydrogen-bond acceptors (Lipinski definition) is 4. The number of aliphatic carboxylic acids is 1. The molecule has 5 N–H and O–H groups in total. The molecule has 0 aromatic rings. The van der Waals surface area contributed by atoms with Crippen LogP contribution in [0.4, 0.5) is 4.79 Å². The summed E-state index contributed by atoms with van der Waals surface area (Å²) in [6, 6.07) is -1.53. The van der Waals surface area contributed by atoms with Crippen LogP contribution >= 0.6 is 11.8 Å². The van der Waals surface area contributed by atoms with Crippen molar-refractivity contribution in [2.75, 3.05) is 5.75 Å². The fourth-order valence-corrected chi connectivity index (χ4v) is 3.61. The first-order chi connectivity index (χ1) is 9.93. The SMILES string of the molecule is CCSC1CCCC1NC(=O)N[C@@H](CCC(N)=O)C(=O)O. The third-order valence-corrected chi connectivity index (χ3v) is 4.76. The van der Waals surface area contributed by atoms with Gasteiger partial charge in [-0.25, -0.2) is 9.59 Å². The van der Waals surface area contributed by atoms with Gasteiger partial charge in [-0.15, -0.1) is 0 Å². The van der Waals surface area contributed by atoms with Crippen molar-refractivity contribution in [3.05, 3.63) is 0 Å². The maximum Gasteiger partial charge on any atom is 0.326 e. The summed E-state index contributed by atoms with van der Waals surface area (Å²) in [4.78, 5) is 33.7. The van der Waals surface area contributed by atoms with Crippen LogP contribution in [0.5, 0.6) is 0 Å². The van der Waals surface area contributed by atoms with E-state index in [0.717, 1.165) is 25.0 Å². The van der Waals surface area contributed by atoms with E-state index in [9.17, 15) is 14.4 Å². The van der Waals surface area contributed by atoms with E-state index in [1.807, 2.05) is 11.8 Å². The summed E-state index contributed by atoms with van der Waals surface area (Å²) in [5.41, 5.74) is 4.99. The molecule has 1 fully saturated rings. The van der Waals surface area contributed by atoms with Crippen LogP contribution in [0.25, 0.3) is 0 Å². The minimum absolute atomic E-state index is 0.00408. The standard InChI is InChI=1S/C13H23N3O4S/c1-2-21-10-5-3-4-8(10)15-13(20)16-9(12(18)19)6-7-11(14)17/h8-10H,2-7H2,1H3,(H2,14,17)(H,18,19)(H2,15,16,20)/t8?,9-,10?/m0/s1. The van der Waals surface area contributed by atoms with Gasteiger partial charge in [-0.05, 0) is 25.0 Å². The Morgan fingerprint density at radius 1 is 1.38 bits per heavy atom. The molecule has 0 spiro atoms. The number of urea groups is 1. The highest BCUT2D eigenvalue weighted by molar-refractivity contribution is 7.99. The van der Waals surface area contributed by atoms with Gasteiger partial charge in [0.25, 0.3) is 0 Å². The molecule has 1 saturated carbocycles. The van der Waals surface area contributed by atoms with E-state index in [-0.39, 0.29) is 18.9 Å². The third-order valence-electron chi connectivity index (χ3n) is 3.43. The molecule has 0 saturated heterocycles. The number of primary amides is 1. The number of nitrogens with two attached hydrogens (primary N) is 1. The van der Waals surface area contributed by atoms with E-state index in [0.29, 0.717) is 5.25 Å². The Balaban J connectivity index is 2.46. The van der Waals surface area contributed by atoms with Crippen LogP contribution in [-0.4, -0.2) is 46.1 Å². The van der Waals surface area contributed by atoms with Crippen molar-refractivity contribution in [2.45, 2.75) is 56.4 Å². The largest absolute Gasteiger partial charge is 0.480 e. The van der Waals surface area contributed by atoms with Gasteiger partial charge in [-0.1, -0.05) is 13.3 Å². The summed E-state index contributed by atoms with van der Waals surface area (Å²) in [5.74, 6) is -0.767. The molecule has 0 radical (unpaired) electrons. The third kappa shape index (κ3) is 6.24. The van der Waals surface area contributed by atoms with Gasteiger partial charge in [-0.3, -0.25) is 4.79 Å². The molecule has 0 heterocycles. The Morgan fingerprint density at radius 2 is 2.10 bits per heavy atom. The molecular formula is C13H23N3O4S. The quantitative estimate of drug-likeness (QED) is 0.524. The molecule has 21 heavy (non-hydrogen) atoms. The van der Waals surface area contributed by atoms with Gasteiger partial charge in [0.15, 0.2) is 0 Å². The lowest BCUT2D eigenvalue weighted by Gasteiger charge is -2.22. The Kier molecular flexibility index (Phi) is 7.35. The van der Waals surface area contributed by atoms with Crippen molar-refractivity contribution in [1.29, 1.82) is 0 Å². The lowest BCUT2D eigenvalue weighted by Crippen LogP contribution is -2.50. The van der Waals surface area contributed by atoms with Crippen LogP contribution in [-0.2, 0) is 9.59 Å². The lowest BCUT2D eigenvalue weighted by molar-refractivity contribution is -0.139. The van der Waals surface area contributed by atoms with E-state index in [1.165, 1.54) is 0 Å². The predicted octanol–water partition coefficient (Wildman–Crippen LogP) is 0.679. The predicted molar refractivity (Wildman–Crippen MR) is 81.1 cm³/mol. The van der Waals surface area contributed by atoms with Crippen molar-refractivity contribution in [1.82, 2.24) is 10.6 Å². The second-order valence-corrected chi connectivity index (χ2v) is 6.56. The maximum absolute atomic E-state index is 11.9. The average molecular weight is 317 g/mol. The van der Waals surface area contributed by atoms with Gasteiger partial charge in [0, 0.05) is 17.7 Å². The molecule has 1 aliphatic rings. The van der Waals surface area contributed by atoms with Gasteiger partial charge < -0.3 is 21.5 Å². The van der Waals surface area contributed by atoms with E-state index in [2.05, 4.69) is 17.6 Å². The van der Waals surface area contributed by atoms with Crippen molar-refractivity contribution in [2.24, 2.45) is 5.73 Å². The summed E-state index contributed by atoms with van der Waals surface area (Å²) >= 11 is 1.81. The summed E-state index contributed by atoms with van der Waals surface area (Å²) in [7, 11) is 0. The Bertz CT molecular complexity index is 392. The first-order valence-electron chi connectivity index (χ1n) is 7.13. The zero-order valence-corrected chi connectivity index (χ0v) is 12.9. The molecule has 1 aliphatic carbocycles. The number of rotatable bonds is 8. The molecule has 2 unspecified atom stereocenters. The maximum atomic E-state index is 11.9. The van der Waals surface area contributed by atoms with Crippen molar-refractivity contribution < 1.29 is 19.5 Å². The van der Waals surface area contributed by atoms with Crippen LogP contribution in [0.1, 0.15) is 39.0 Å². The number of hydrogen-bond donors (Lipinski definition) is 4. The second kappa shape index (κ2) is 8.76. The molecule has 3 atom stereocenters. The first-order valence-corrected chi connectivity index (χ1v) is 8.18. The molecule has 7 nitrogen and oxygen atoms in total.